The molecule has 0 heterocycles. The van der Waals surface area contributed by atoms with Crippen molar-refractivity contribution in [2.45, 2.75) is 84.7 Å². The molecule has 4 saturated carbocycles. The molecule has 0 bridgehead atoms. The molecule has 0 unspecified atom stereocenters. The number of fused-ring (bicyclic) bond motifs is 5. The molecule has 4 fully saturated rings. The van der Waals surface area contributed by atoms with Crippen LogP contribution in [0.3, 0.4) is 0 Å². The van der Waals surface area contributed by atoms with Crippen LogP contribution in [0.5, 0.6) is 0 Å². The third-order valence-corrected chi connectivity index (χ3v) is 9.04. The van der Waals surface area contributed by atoms with Crippen molar-refractivity contribution < 1.29 is 9.53 Å². The van der Waals surface area contributed by atoms with Gasteiger partial charge in [0.2, 0.25) is 0 Å². The molecule has 0 aromatic carbocycles. The standard InChI is InChI=1S/C23H33NO2/c1-15(25)26-18-8-11-23(3)17(14-18)4-6-19-20-7-5-16(10-13-24)22(20,2)12-9-21(19)23/h10,17-21H,4-9,11-12,14H2,1-3H3/b16-10+/t17-,18-,19+,20+,21+,22-,23+/m1/s1. The fourth-order valence-corrected chi connectivity index (χ4v) is 7.72. The summed E-state index contributed by atoms with van der Waals surface area (Å²) in [6, 6.07) is 2.31. The van der Waals surface area contributed by atoms with Crippen molar-refractivity contribution in [1.82, 2.24) is 0 Å². The van der Waals surface area contributed by atoms with Gasteiger partial charge in [-0.2, -0.15) is 5.26 Å². The van der Waals surface area contributed by atoms with Crippen LogP contribution in [0.2, 0.25) is 0 Å². The van der Waals surface area contributed by atoms with E-state index in [1.165, 1.54) is 44.1 Å². The van der Waals surface area contributed by atoms with Crippen LogP contribution in [0.25, 0.3) is 0 Å². The molecule has 4 aliphatic carbocycles. The topological polar surface area (TPSA) is 50.1 Å². The molecule has 0 spiro atoms. The van der Waals surface area contributed by atoms with E-state index in [1.54, 1.807) is 6.92 Å². The molecule has 3 nitrogen and oxygen atoms in total. The van der Waals surface area contributed by atoms with Crippen LogP contribution in [-0.4, -0.2) is 12.1 Å². The highest BCUT2D eigenvalue weighted by Crippen LogP contribution is 2.67. The van der Waals surface area contributed by atoms with Crippen molar-refractivity contribution in [3.05, 3.63) is 11.6 Å². The largest absolute Gasteiger partial charge is 0.463 e. The minimum atomic E-state index is -0.122. The Balaban J connectivity index is 1.55. The summed E-state index contributed by atoms with van der Waals surface area (Å²) >= 11 is 0. The zero-order chi connectivity index (χ0) is 18.5. The Kier molecular flexibility index (Phi) is 4.45. The minimum Gasteiger partial charge on any atom is -0.463 e. The van der Waals surface area contributed by atoms with E-state index in [4.69, 9.17) is 4.74 Å². The van der Waals surface area contributed by atoms with Gasteiger partial charge in [0, 0.05) is 13.0 Å². The minimum absolute atomic E-state index is 0.122. The number of hydrogen-bond donors (Lipinski definition) is 0. The van der Waals surface area contributed by atoms with Crippen LogP contribution in [0.4, 0.5) is 0 Å². The molecule has 3 heteroatoms. The van der Waals surface area contributed by atoms with Gasteiger partial charge in [0.15, 0.2) is 0 Å². The molecule has 0 amide bonds. The van der Waals surface area contributed by atoms with Gasteiger partial charge in [-0.25, -0.2) is 0 Å². The maximum Gasteiger partial charge on any atom is 0.302 e. The second-order valence-corrected chi connectivity index (χ2v) is 9.96. The van der Waals surface area contributed by atoms with Gasteiger partial charge in [0.05, 0.1) is 6.07 Å². The Bertz CT molecular complexity index is 662. The molecular weight excluding hydrogens is 322 g/mol. The second kappa shape index (κ2) is 6.39. The molecule has 0 saturated heterocycles. The number of allylic oxidation sites excluding steroid dienone is 2. The van der Waals surface area contributed by atoms with Gasteiger partial charge in [-0.1, -0.05) is 19.4 Å². The Hall–Kier alpha value is -1.30. The van der Waals surface area contributed by atoms with Crippen LogP contribution in [0.15, 0.2) is 11.6 Å². The normalized spacial score (nSPS) is 48.8. The van der Waals surface area contributed by atoms with Gasteiger partial charge in [-0.05, 0) is 92.3 Å². The molecule has 0 radical (unpaired) electrons. The van der Waals surface area contributed by atoms with E-state index < -0.39 is 0 Å². The van der Waals surface area contributed by atoms with Crippen molar-refractivity contribution in [2.75, 3.05) is 0 Å². The van der Waals surface area contributed by atoms with Gasteiger partial charge in [-0.15, -0.1) is 0 Å². The molecule has 4 rings (SSSR count). The van der Waals surface area contributed by atoms with Crippen molar-refractivity contribution in [2.24, 2.45) is 34.5 Å². The molecular formula is C23H33NO2. The molecule has 0 aromatic rings. The molecule has 142 valence electrons. The smallest absolute Gasteiger partial charge is 0.302 e. The number of ether oxygens (including phenoxy) is 1. The maximum absolute atomic E-state index is 11.4. The van der Waals surface area contributed by atoms with E-state index in [-0.39, 0.29) is 17.5 Å². The van der Waals surface area contributed by atoms with Crippen molar-refractivity contribution in [3.63, 3.8) is 0 Å². The molecule has 7 atom stereocenters. The molecule has 0 aromatic heterocycles. The van der Waals surface area contributed by atoms with Crippen LogP contribution in [0, 0.1) is 45.8 Å². The number of carbonyl (C=O) groups is 1. The van der Waals surface area contributed by atoms with Gasteiger partial charge >= 0.3 is 5.97 Å². The average Bonchev–Trinajstić information content (AvgIpc) is 2.92. The summed E-state index contributed by atoms with van der Waals surface area (Å²) in [6.07, 6.45) is 12.9. The number of carbonyl (C=O) groups excluding carboxylic acids is 1. The quantitative estimate of drug-likeness (QED) is 0.467. The Morgan fingerprint density at radius 2 is 1.96 bits per heavy atom. The molecule has 0 N–H and O–H groups in total. The van der Waals surface area contributed by atoms with Crippen LogP contribution in [-0.2, 0) is 9.53 Å². The third-order valence-electron chi connectivity index (χ3n) is 9.04. The van der Waals surface area contributed by atoms with Gasteiger partial charge in [-0.3, -0.25) is 4.79 Å². The number of hydrogen-bond acceptors (Lipinski definition) is 3. The first-order valence-corrected chi connectivity index (χ1v) is 10.6. The highest BCUT2D eigenvalue weighted by Gasteiger charge is 2.59. The van der Waals surface area contributed by atoms with Crippen LogP contribution >= 0.6 is 0 Å². The van der Waals surface area contributed by atoms with Gasteiger partial charge < -0.3 is 4.74 Å². The van der Waals surface area contributed by atoms with Crippen LogP contribution in [0.1, 0.15) is 78.6 Å². The summed E-state index contributed by atoms with van der Waals surface area (Å²) in [5.41, 5.74) is 2.12. The van der Waals surface area contributed by atoms with Crippen molar-refractivity contribution in [3.8, 4) is 6.07 Å². The molecule has 4 aliphatic rings. The predicted molar refractivity (Wildman–Crippen MR) is 101 cm³/mol. The Morgan fingerprint density at radius 3 is 2.69 bits per heavy atom. The summed E-state index contributed by atoms with van der Waals surface area (Å²) < 4.78 is 5.57. The highest BCUT2D eigenvalue weighted by molar-refractivity contribution is 5.66. The number of nitrogens with zero attached hydrogens (tertiary/aromatic N) is 1. The summed E-state index contributed by atoms with van der Waals surface area (Å²) in [5.74, 6) is 3.00. The lowest BCUT2D eigenvalue weighted by Crippen LogP contribution is -2.53. The summed E-state index contributed by atoms with van der Waals surface area (Å²) in [6.45, 7) is 6.53. The zero-order valence-corrected chi connectivity index (χ0v) is 16.6. The van der Waals surface area contributed by atoms with E-state index in [9.17, 15) is 10.1 Å². The summed E-state index contributed by atoms with van der Waals surface area (Å²) in [4.78, 5) is 11.4. The fraction of sp³-hybridized carbons (Fsp3) is 0.826. The summed E-state index contributed by atoms with van der Waals surface area (Å²) in [5, 5.41) is 9.18. The number of nitriles is 1. The van der Waals surface area contributed by atoms with Gasteiger partial charge in [0.25, 0.3) is 0 Å². The third kappa shape index (κ3) is 2.63. The Morgan fingerprint density at radius 1 is 1.15 bits per heavy atom. The monoisotopic (exact) mass is 355 g/mol. The highest BCUT2D eigenvalue weighted by atomic mass is 16.5. The Labute approximate surface area is 158 Å². The lowest BCUT2D eigenvalue weighted by Gasteiger charge is -2.60. The fourth-order valence-electron chi connectivity index (χ4n) is 7.72. The first-order valence-electron chi connectivity index (χ1n) is 10.6. The van der Waals surface area contributed by atoms with E-state index in [2.05, 4.69) is 19.9 Å². The number of esters is 1. The molecule has 26 heavy (non-hydrogen) atoms. The second-order valence-electron chi connectivity index (χ2n) is 9.96. The first-order chi connectivity index (χ1) is 12.4. The first kappa shape index (κ1) is 18.1. The van der Waals surface area contributed by atoms with E-state index in [0.717, 1.165) is 37.0 Å². The zero-order valence-electron chi connectivity index (χ0n) is 16.6. The maximum atomic E-state index is 11.4. The van der Waals surface area contributed by atoms with Crippen LogP contribution < -0.4 is 0 Å². The molecule has 0 aliphatic heterocycles. The predicted octanol–water partition coefficient (Wildman–Crippen LogP) is 5.41. The average molecular weight is 356 g/mol. The van der Waals surface area contributed by atoms with Crippen molar-refractivity contribution in [1.29, 1.82) is 5.26 Å². The SMILES string of the molecule is CC(=O)O[C@@H]1CC[C@@]2(C)[C@H](CC[C@@H]3[C@@H]2CC[C@]2(C)/C(=C/C#N)CC[C@@H]32)C1. The van der Waals surface area contributed by atoms with E-state index in [0.29, 0.717) is 11.3 Å². The van der Waals surface area contributed by atoms with Gasteiger partial charge in [0.1, 0.15) is 6.10 Å². The lowest BCUT2D eigenvalue weighted by atomic mass is 9.45. The van der Waals surface area contributed by atoms with E-state index >= 15 is 0 Å². The lowest BCUT2D eigenvalue weighted by molar-refractivity contribution is -0.158. The van der Waals surface area contributed by atoms with Crippen molar-refractivity contribution >= 4 is 5.97 Å². The summed E-state index contributed by atoms with van der Waals surface area (Å²) in [7, 11) is 0. The van der Waals surface area contributed by atoms with E-state index in [1.807, 2.05) is 6.08 Å². The number of rotatable bonds is 1.